The summed E-state index contributed by atoms with van der Waals surface area (Å²) in [7, 11) is 1.37. The van der Waals surface area contributed by atoms with Crippen molar-refractivity contribution >= 4 is 11.8 Å². The van der Waals surface area contributed by atoms with Crippen LogP contribution < -0.4 is 15.4 Å². The van der Waals surface area contributed by atoms with Gasteiger partial charge in [-0.3, -0.25) is 9.59 Å². The molecule has 2 amide bonds. The molecule has 0 fully saturated rings. The van der Waals surface area contributed by atoms with Gasteiger partial charge in [-0.05, 0) is 52.9 Å². The minimum Gasteiger partial charge on any atom is -0.494 e. The van der Waals surface area contributed by atoms with Gasteiger partial charge in [-0.2, -0.15) is 5.21 Å². The van der Waals surface area contributed by atoms with Crippen molar-refractivity contribution in [3.05, 3.63) is 82.7 Å². The number of hydrogen-bond acceptors (Lipinski definition) is 8. The van der Waals surface area contributed by atoms with Crippen LogP contribution in [-0.4, -0.2) is 49.5 Å². The fourth-order valence-electron chi connectivity index (χ4n) is 4.12. The number of hydrogen-bond donors (Lipinski definition) is 3. The maximum absolute atomic E-state index is 13.6. The summed E-state index contributed by atoms with van der Waals surface area (Å²) >= 11 is 0. The van der Waals surface area contributed by atoms with Gasteiger partial charge in [0.25, 0.3) is 11.8 Å². The molecule has 0 saturated heterocycles. The van der Waals surface area contributed by atoms with Crippen LogP contribution in [0.2, 0.25) is 0 Å². The molecule has 1 aliphatic carbocycles. The van der Waals surface area contributed by atoms with Crippen LogP contribution in [0.5, 0.6) is 5.75 Å². The normalized spacial score (nSPS) is 14.2. The molecule has 4 aromatic rings. The highest BCUT2D eigenvalue weighted by molar-refractivity contribution is 5.97. The Morgan fingerprint density at radius 1 is 1.11 bits per heavy atom. The number of benzene rings is 2. The number of nitrogens with one attached hydrogen (secondary N) is 3. The highest BCUT2D eigenvalue weighted by atomic mass is 19.1. The number of tetrazole rings is 1. The molecule has 5 rings (SSSR count). The standard InChI is InChI=1S/C24H21FN8O3/c1-36-21-8-13(2-6-17(21)25)11-26-23(34)19-10-20(28-12-27-19)24(35)29-18-7-4-14-9-15(3-5-16(14)18)22-30-32-33-31-22/h2-3,5-6,8-10,12,18H,4,7,11H2,1H3,(H,26,34)(H,29,35)(H,30,31,32,33)/t18-/m0/s1. The number of aromatic amines is 1. The summed E-state index contributed by atoms with van der Waals surface area (Å²) in [6.45, 7) is 0.131. The van der Waals surface area contributed by atoms with E-state index in [4.69, 9.17) is 4.74 Å². The van der Waals surface area contributed by atoms with E-state index >= 15 is 0 Å². The van der Waals surface area contributed by atoms with Gasteiger partial charge in [0.1, 0.15) is 17.7 Å². The van der Waals surface area contributed by atoms with Crippen LogP contribution in [0.3, 0.4) is 0 Å². The van der Waals surface area contributed by atoms with E-state index in [2.05, 4.69) is 41.2 Å². The molecule has 0 bridgehead atoms. The van der Waals surface area contributed by atoms with Crippen LogP contribution in [0, 0.1) is 5.82 Å². The van der Waals surface area contributed by atoms with Crippen molar-refractivity contribution in [2.45, 2.75) is 25.4 Å². The number of ether oxygens (including phenoxy) is 1. The molecule has 0 aliphatic heterocycles. The molecular formula is C24H21FN8O3. The minimum atomic E-state index is -0.491. The van der Waals surface area contributed by atoms with Gasteiger partial charge in [0, 0.05) is 18.2 Å². The van der Waals surface area contributed by atoms with Crippen LogP contribution in [0.15, 0.2) is 48.8 Å². The second kappa shape index (κ2) is 9.86. The molecule has 182 valence electrons. The van der Waals surface area contributed by atoms with E-state index < -0.39 is 17.6 Å². The lowest BCUT2D eigenvalue weighted by atomic mass is 10.0. The Hall–Kier alpha value is -4.74. The summed E-state index contributed by atoms with van der Waals surface area (Å²) in [5.41, 5.74) is 3.73. The van der Waals surface area contributed by atoms with E-state index in [-0.39, 0.29) is 29.7 Å². The predicted octanol–water partition coefficient (Wildman–Crippen LogP) is 2.15. The van der Waals surface area contributed by atoms with Crippen molar-refractivity contribution in [2.24, 2.45) is 0 Å². The summed E-state index contributed by atoms with van der Waals surface area (Å²) < 4.78 is 18.5. The Kier molecular flexibility index (Phi) is 6.31. The lowest BCUT2D eigenvalue weighted by Crippen LogP contribution is -2.29. The number of aromatic nitrogens is 6. The maximum atomic E-state index is 13.6. The number of aryl methyl sites for hydroxylation is 1. The highest BCUT2D eigenvalue weighted by Gasteiger charge is 2.26. The van der Waals surface area contributed by atoms with E-state index in [1.165, 1.54) is 31.6 Å². The van der Waals surface area contributed by atoms with E-state index in [1.807, 2.05) is 18.2 Å². The molecule has 2 heterocycles. The summed E-state index contributed by atoms with van der Waals surface area (Å²) in [6, 6.07) is 11.3. The molecule has 12 heteroatoms. The molecule has 0 saturated carbocycles. The molecule has 1 atom stereocenters. The maximum Gasteiger partial charge on any atom is 0.270 e. The molecule has 0 unspecified atom stereocenters. The van der Waals surface area contributed by atoms with Crippen molar-refractivity contribution in [1.82, 2.24) is 41.2 Å². The molecule has 2 aromatic heterocycles. The average Bonchev–Trinajstić information content (AvgIpc) is 3.58. The second-order valence-corrected chi connectivity index (χ2v) is 8.15. The Labute approximate surface area is 204 Å². The first-order chi connectivity index (χ1) is 17.5. The number of carbonyl (C=O) groups excluding carboxylic acids is 2. The van der Waals surface area contributed by atoms with Gasteiger partial charge in [0.15, 0.2) is 11.6 Å². The van der Waals surface area contributed by atoms with Crippen LogP contribution in [0.25, 0.3) is 11.4 Å². The van der Waals surface area contributed by atoms with Gasteiger partial charge >= 0.3 is 0 Å². The van der Waals surface area contributed by atoms with Crippen molar-refractivity contribution in [2.75, 3.05) is 7.11 Å². The number of methoxy groups -OCH3 is 1. The number of nitrogens with zero attached hydrogens (tertiary/aromatic N) is 5. The largest absolute Gasteiger partial charge is 0.494 e. The van der Waals surface area contributed by atoms with Gasteiger partial charge in [0.05, 0.1) is 13.2 Å². The van der Waals surface area contributed by atoms with Crippen molar-refractivity contribution in [3.8, 4) is 17.1 Å². The topological polar surface area (TPSA) is 148 Å². The van der Waals surface area contributed by atoms with E-state index in [9.17, 15) is 14.0 Å². The lowest BCUT2D eigenvalue weighted by molar-refractivity contribution is 0.0931. The third-order valence-electron chi connectivity index (χ3n) is 5.93. The molecule has 1 aliphatic rings. The molecule has 3 N–H and O–H groups in total. The lowest BCUT2D eigenvalue weighted by Gasteiger charge is -2.14. The van der Waals surface area contributed by atoms with Gasteiger partial charge in [-0.15, -0.1) is 10.2 Å². The summed E-state index contributed by atoms with van der Waals surface area (Å²) in [4.78, 5) is 33.5. The third kappa shape index (κ3) is 4.73. The van der Waals surface area contributed by atoms with Crippen LogP contribution in [0.4, 0.5) is 4.39 Å². The Morgan fingerprint density at radius 2 is 1.94 bits per heavy atom. The zero-order valence-electron chi connectivity index (χ0n) is 19.2. The van der Waals surface area contributed by atoms with E-state index in [0.717, 1.165) is 29.5 Å². The molecular weight excluding hydrogens is 467 g/mol. The molecule has 0 radical (unpaired) electrons. The van der Waals surface area contributed by atoms with Crippen molar-refractivity contribution in [1.29, 1.82) is 0 Å². The summed E-state index contributed by atoms with van der Waals surface area (Å²) in [6.07, 6.45) is 2.69. The Balaban J connectivity index is 1.23. The molecule has 11 nitrogen and oxygen atoms in total. The Morgan fingerprint density at radius 3 is 2.72 bits per heavy atom. The number of carbonyl (C=O) groups is 2. The minimum absolute atomic E-state index is 0.0424. The number of H-pyrrole nitrogens is 1. The van der Waals surface area contributed by atoms with Crippen LogP contribution in [-0.2, 0) is 13.0 Å². The SMILES string of the molecule is COc1cc(CNC(=O)c2cc(C(=O)N[C@H]3CCc4cc(-c5nn[nH]n5)ccc43)ncn2)ccc1F. The van der Waals surface area contributed by atoms with Gasteiger partial charge in [-0.25, -0.2) is 14.4 Å². The smallest absolute Gasteiger partial charge is 0.270 e. The first-order valence-electron chi connectivity index (χ1n) is 11.1. The Bertz CT molecular complexity index is 1430. The molecule has 2 aromatic carbocycles. The van der Waals surface area contributed by atoms with Crippen molar-refractivity contribution < 1.29 is 18.7 Å². The average molecular weight is 488 g/mol. The van der Waals surface area contributed by atoms with Crippen LogP contribution in [0.1, 0.15) is 50.1 Å². The fourth-order valence-corrected chi connectivity index (χ4v) is 4.12. The van der Waals surface area contributed by atoms with E-state index in [0.29, 0.717) is 11.4 Å². The predicted molar refractivity (Wildman–Crippen MR) is 124 cm³/mol. The summed E-state index contributed by atoms with van der Waals surface area (Å²) in [5.74, 6) is -0.793. The third-order valence-corrected chi connectivity index (χ3v) is 5.93. The number of amides is 2. The van der Waals surface area contributed by atoms with Gasteiger partial charge in [0.2, 0.25) is 5.82 Å². The number of rotatable bonds is 7. The summed E-state index contributed by atoms with van der Waals surface area (Å²) in [5, 5.41) is 19.7. The quantitative estimate of drug-likeness (QED) is 0.358. The first-order valence-corrected chi connectivity index (χ1v) is 11.1. The highest BCUT2D eigenvalue weighted by Crippen LogP contribution is 2.33. The zero-order valence-corrected chi connectivity index (χ0v) is 19.2. The zero-order chi connectivity index (χ0) is 25.1. The molecule has 36 heavy (non-hydrogen) atoms. The van der Waals surface area contributed by atoms with Gasteiger partial charge in [-0.1, -0.05) is 18.2 Å². The first kappa shape index (κ1) is 23.0. The molecule has 0 spiro atoms. The monoisotopic (exact) mass is 488 g/mol. The van der Waals surface area contributed by atoms with E-state index in [1.54, 1.807) is 6.07 Å². The van der Waals surface area contributed by atoms with Gasteiger partial charge < -0.3 is 15.4 Å². The van der Waals surface area contributed by atoms with Crippen molar-refractivity contribution in [3.63, 3.8) is 0 Å². The van der Waals surface area contributed by atoms with Crippen LogP contribution >= 0.6 is 0 Å². The number of fused-ring (bicyclic) bond motifs is 1. The number of halogens is 1. The fraction of sp³-hybridized carbons (Fsp3) is 0.208. The second-order valence-electron chi connectivity index (χ2n) is 8.15.